The minimum Gasteiger partial charge on any atom is -0.344 e. The van der Waals surface area contributed by atoms with E-state index in [1.54, 1.807) is 0 Å². The Bertz CT molecular complexity index is 283. The molecule has 0 aliphatic carbocycles. The highest BCUT2D eigenvalue weighted by Gasteiger charge is 2.14. The zero-order valence-electron chi connectivity index (χ0n) is 5.94. The molecule has 0 aliphatic heterocycles. The maximum Gasteiger partial charge on any atom is 0.243 e. The second kappa shape index (κ2) is 3.97. The average molecular weight is 205 g/mol. The molecule has 0 atom stereocenters. The molecule has 0 heterocycles. The molecule has 1 aromatic rings. The highest BCUT2D eigenvalue weighted by atomic mass is 35.5. The molecule has 64 valence electrons. The maximum atomic E-state index is 10.9. The van der Waals surface area contributed by atoms with E-state index in [2.05, 4.69) is 0 Å². The van der Waals surface area contributed by atoms with Crippen molar-refractivity contribution in [2.75, 3.05) is 0 Å². The number of carbonyl (C=O) groups excluding carboxylic acids is 1. The molecule has 0 spiro atoms. The van der Waals surface area contributed by atoms with Gasteiger partial charge < -0.3 is 9.79 Å². The Kier molecular flexibility index (Phi) is 3.18. The topological polar surface area (TPSA) is 57.5 Å². The summed E-state index contributed by atoms with van der Waals surface area (Å²) < 4.78 is 0. The normalized spacial score (nSPS) is 10.3. The minimum absolute atomic E-state index is 0.260. The third kappa shape index (κ3) is 2.26. The summed E-state index contributed by atoms with van der Waals surface area (Å²) in [5.41, 5.74) is -0.405. The number of carbonyl (C=O) groups is 1. The predicted molar refractivity (Wildman–Crippen MR) is 47.1 cm³/mol. The van der Waals surface area contributed by atoms with Crippen LogP contribution in [0.25, 0.3) is 0 Å². The summed E-state index contributed by atoms with van der Waals surface area (Å²) in [6.07, 6.45) is 0. The third-order valence-corrected chi connectivity index (χ3v) is 2.15. The van der Waals surface area contributed by atoms with Gasteiger partial charge in [-0.05, 0) is 24.3 Å². The Hall–Kier alpha value is -0.470. The fourth-order valence-corrected chi connectivity index (χ4v) is 1.21. The Morgan fingerprint density at radius 1 is 1.25 bits per heavy atom. The smallest absolute Gasteiger partial charge is 0.243 e. The van der Waals surface area contributed by atoms with Gasteiger partial charge in [-0.3, -0.25) is 4.79 Å². The van der Waals surface area contributed by atoms with Crippen LogP contribution in [-0.4, -0.2) is 15.3 Å². The van der Waals surface area contributed by atoms with Crippen molar-refractivity contribution in [3.8, 4) is 0 Å². The largest absolute Gasteiger partial charge is 0.344 e. The van der Waals surface area contributed by atoms with E-state index in [0.717, 1.165) is 0 Å². The SMILES string of the molecule is O=C(c1ccc(Cl)cc1)P(O)O. The van der Waals surface area contributed by atoms with Crippen molar-refractivity contribution in [3.05, 3.63) is 34.9 Å². The van der Waals surface area contributed by atoms with E-state index in [1.807, 2.05) is 0 Å². The molecule has 0 bridgehead atoms. The van der Waals surface area contributed by atoms with Gasteiger partial charge in [0, 0.05) is 10.6 Å². The molecule has 0 amide bonds. The van der Waals surface area contributed by atoms with Crippen molar-refractivity contribution < 1.29 is 14.6 Å². The number of benzene rings is 1. The fourth-order valence-electron chi connectivity index (χ4n) is 0.708. The average Bonchev–Trinajstić information content (AvgIpc) is 2.04. The lowest BCUT2D eigenvalue weighted by Crippen LogP contribution is -1.94. The van der Waals surface area contributed by atoms with Gasteiger partial charge >= 0.3 is 0 Å². The van der Waals surface area contributed by atoms with Crippen molar-refractivity contribution in [1.29, 1.82) is 0 Å². The van der Waals surface area contributed by atoms with Crippen LogP contribution in [-0.2, 0) is 0 Å². The van der Waals surface area contributed by atoms with Gasteiger partial charge in [-0.2, -0.15) is 0 Å². The molecule has 0 unspecified atom stereocenters. The third-order valence-electron chi connectivity index (χ3n) is 1.27. The molecule has 5 heteroatoms. The van der Waals surface area contributed by atoms with Gasteiger partial charge in [-0.15, -0.1) is 0 Å². The predicted octanol–water partition coefficient (Wildman–Crippen LogP) is 1.78. The monoisotopic (exact) mass is 204 g/mol. The second-order valence-corrected chi connectivity index (χ2v) is 3.52. The number of hydrogen-bond donors (Lipinski definition) is 2. The van der Waals surface area contributed by atoms with Crippen LogP contribution in [0.1, 0.15) is 10.4 Å². The number of halogens is 1. The fraction of sp³-hybridized carbons (Fsp3) is 0. The molecular formula is C7H6ClO3P. The lowest BCUT2D eigenvalue weighted by molar-refractivity contribution is 0.106. The number of rotatable bonds is 2. The Balaban J connectivity index is 2.90. The van der Waals surface area contributed by atoms with Crippen LogP contribution in [0.4, 0.5) is 0 Å². The van der Waals surface area contributed by atoms with Gasteiger partial charge in [0.15, 0.2) is 0 Å². The van der Waals surface area contributed by atoms with E-state index in [0.29, 0.717) is 5.02 Å². The molecule has 0 aliphatic rings. The van der Waals surface area contributed by atoms with Gasteiger partial charge in [0.1, 0.15) is 0 Å². The molecule has 0 saturated carbocycles. The molecule has 0 aromatic heterocycles. The van der Waals surface area contributed by atoms with Crippen LogP contribution >= 0.6 is 20.0 Å². The zero-order chi connectivity index (χ0) is 9.14. The van der Waals surface area contributed by atoms with Crippen molar-refractivity contribution in [2.24, 2.45) is 0 Å². The van der Waals surface area contributed by atoms with Gasteiger partial charge in [-0.1, -0.05) is 11.6 Å². The molecule has 0 radical (unpaired) electrons. The summed E-state index contributed by atoms with van der Waals surface area (Å²) in [5, 5.41) is 0.506. The zero-order valence-corrected chi connectivity index (χ0v) is 7.59. The van der Waals surface area contributed by atoms with Crippen molar-refractivity contribution in [2.45, 2.75) is 0 Å². The summed E-state index contributed by atoms with van der Waals surface area (Å²) in [6.45, 7) is 0. The molecule has 1 rings (SSSR count). The Morgan fingerprint density at radius 2 is 1.75 bits per heavy atom. The van der Waals surface area contributed by atoms with Crippen molar-refractivity contribution in [1.82, 2.24) is 0 Å². The lowest BCUT2D eigenvalue weighted by Gasteiger charge is -2.00. The van der Waals surface area contributed by atoms with Gasteiger partial charge in [0.2, 0.25) is 13.9 Å². The highest BCUT2D eigenvalue weighted by molar-refractivity contribution is 7.65. The van der Waals surface area contributed by atoms with E-state index >= 15 is 0 Å². The molecular weight excluding hydrogens is 199 g/mol. The van der Waals surface area contributed by atoms with Crippen molar-refractivity contribution in [3.63, 3.8) is 0 Å². The number of hydrogen-bond acceptors (Lipinski definition) is 3. The first-order valence-corrected chi connectivity index (χ1v) is 4.71. The molecule has 2 N–H and O–H groups in total. The molecule has 1 aromatic carbocycles. The van der Waals surface area contributed by atoms with Gasteiger partial charge in [0.25, 0.3) is 0 Å². The first-order valence-electron chi connectivity index (χ1n) is 3.09. The quantitative estimate of drug-likeness (QED) is 0.722. The van der Waals surface area contributed by atoms with E-state index < -0.39 is 13.9 Å². The summed E-state index contributed by atoms with van der Waals surface area (Å²) >= 11 is 5.56. The summed E-state index contributed by atoms with van der Waals surface area (Å²) in [6, 6.07) is 5.94. The van der Waals surface area contributed by atoms with E-state index in [4.69, 9.17) is 21.4 Å². The standard InChI is InChI=1S/C7H6ClO3P/c8-6-3-1-5(2-4-6)7(9)12(10)11/h1-4,10-11H. The van der Waals surface area contributed by atoms with Crippen LogP contribution in [0.15, 0.2) is 24.3 Å². The summed E-state index contributed by atoms with van der Waals surface area (Å²) in [4.78, 5) is 28.1. The van der Waals surface area contributed by atoms with Crippen molar-refractivity contribution >= 4 is 25.5 Å². The second-order valence-electron chi connectivity index (χ2n) is 2.10. The lowest BCUT2D eigenvalue weighted by atomic mass is 10.2. The first-order chi connectivity index (χ1) is 5.61. The van der Waals surface area contributed by atoms with Crippen LogP contribution in [0.3, 0.4) is 0 Å². The molecule has 0 fully saturated rings. The molecule has 0 saturated heterocycles. The molecule has 12 heavy (non-hydrogen) atoms. The van der Waals surface area contributed by atoms with E-state index in [1.165, 1.54) is 24.3 Å². The van der Waals surface area contributed by atoms with Gasteiger partial charge in [0.05, 0.1) is 0 Å². The van der Waals surface area contributed by atoms with Crippen LogP contribution < -0.4 is 0 Å². The maximum absolute atomic E-state index is 10.9. The summed E-state index contributed by atoms with van der Waals surface area (Å²) in [7, 11) is -2.53. The van der Waals surface area contributed by atoms with E-state index in [9.17, 15) is 4.79 Å². The van der Waals surface area contributed by atoms with E-state index in [-0.39, 0.29) is 5.56 Å². The van der Waals surface area contributed by atoms with Crippen LogP contribution in [0, 0.1) is 0 Å². The minimum atomic E-state index is -2.53. The van der Waals surface area contributed by atoms with Crippen LogP contribution in [0.5, 0.6) is 0 Å². The van der Waals surface area contributed by atoms with Crippen LogP contribution in [0.2, 0.25) is 5.02 Å². The molecule has 3 nitrogen and oxygen atoms in total. The Labute approximate surface area is 75.5 Å². The first kappa shape index (κ1) is 9.62. The Morgan fingerprint density at radius 3 is 2.17 bits per heavy atom. The highest BCUT2D eigenvalue weighted by Crippen LogP contribution is 2.29. The van der Waals surface area contributed by atoms with Gasteiger partial charge in [-0.25, -0.2) is 0 Å². The summed E-state index contributed by atoms with van der Waals surface area (Å²) in [5.74, 6) is 0.